The number of rotatable bonds is 7. The number of nitrogens with one attached hydrogen (secondary N) is 1. The second-order valence-corrected chi connectivity index (χ2v) is 5.76. The molecule has 0 atom stereocenters. The van der Waals surface area contributed by atoms with Gasteiger partial charge in [0.2, 0.25) is 11.8 Å². The third-order valence-corrected chi connectivity index (χ3v) is 4.36. The monoisotopic (exact) mass is 293 g/mol. The second kappa shape index (κ2) is 8.17. The van der Waals surface area contributed by atoms with Crippen molar-refractivity contribution >= 4 is 0 Å². The Balaban J connectivity index is 1.89. The summed E-state index contributed by atoms with van der Waals surface area (Å²) in [7, 11) is 3.25. The minimum absolute atomic E-state index is 0.577. The van der Waals surface area contributed by atoms with E-state index in [0.29, 0.717) is 24.3 Å². The maximum atomic E-state index is 5.31. The van der Waals surface area contributed by atoms with E-state index in [1.165, 1.54) is 44.9 Å². The van der Waals surface area contributed by atoms with Crippen molar-refractivity contribution in [2.75, 3.05) is 14.2 Å². The third kappa shape index (κ3) is 4.30. The van der Waals surface area contributed by atoms with Crippen LogP contribution in [0, 0.1) is 5.92 Å². The molecule has 0 aliphatic heterocycles. The summed E-state index contributed by atoms with van der Waals surface area (Å²) in [5.74, 6) is 2.11. The summed E-state index contributed by atoms with van der Waals surface area (Å²) >= 11 is 0. The molecule has 1 saturated carbocycles. The summed E-state index contributed by atoms with van der Waals surface area (Å²) in [5, 5.41) is 3.61. The number of methoxy groups -OCH3 is 2. The first-order valence-corrected chi connectivity index (χ1v) is 7.93. The Morgan fingerprint density at radius 3 is 2.24 bits per heavy atom. The lowest BCUT2D eigenvalue weighted by Gasteiger charge is -2.29. The van der Waals surface area contributed by atoms with Crippen molar-refractivity contribution < 1.29 is 9.47 Å². The molecular formula is C16H27N3O2. The van der Waals surface area contributed by atoms with Gasteiger partial charge in [0.25, 0.3) is 0 Å². The molecule has 0 saturated heterocycles. The second-order valence-electron chi connectivity index (χ2n) is 5.76. The van der Waals surface area contributed by atoms with Crippen LogP contribution in [-0.4, -0.2) is 30.2 Å². The fraction of sp³-hybridized carbons (Fsp3) is 0.750. The lowest BCUT2D eigenvalue weighted by molar-refractivity contribution is 0.274. The summed E-state index contributed by atoms with van der Waals surface area (Å²) in [6.07, 6.45) is 9.33. The maximum absolute atomic E-state index is 5.31. The van der Waals surface area contributed by atoms with Gasteiger partial charge >= 0.3 is 0 Å². The molecule has 21 heavy (non-hydrogen) atoms. The van der Waals surface area contributed by atoms with Gasteiger partial charge in [0.05, 0.1) is 19.8 Å². The van der Waals surface area contributed by atoms with Gasteiger partial charge in [-0.1, -0.05) is 19.8 Å². The Bertz CT molecular complexity index is 409. The minimum Gasteiger partial charge on any atom is -0.481 e. The lowest BCUT2D eigenvalue weighted by atomic mass is 9.83. The van der Waals surface area contributed by atoms with Crippen LogP contribution in [-0.2, 0) is 6.54 Å². The highest BCUT2D eigenvalue weighted by atomic mass is 16.5. The Kier molecular flexibility index (Phi) is 6.23. The molecule has 0 spiro atoms. The maximum Gasteiger partial charge on any atom is 0.224 e. The third-order valence-electron chi connectivity index (χ3n) is 4.36. The molecule has 2 rings (SSSR count). The van der Waals surface area contributed by atoms with Crippen LogP contribution in [0.4, 0.5) is 0 Å². The summed E-state index contributed by atoms with van der Waals surface area (Å²) in [6, 6.07) is 0.577. The first-order valence-electron chi connectivity index (χ1n) is 7.93. The Hall–Kier alpha value is -1.36. The van der Waals surface area contributed by atoms with E-state index in [-0.39, 0.29) is 0 Å². The molecule has 1 aliphatic carbocycles. The number of aromatic nitrogens is 2. The van der Waals surface area contributed by atoms with Gasteiger partial charge in [-0.2, -0.15) is 0 Å². The van der Waals surface area contributed by atoms with Gasteiger partial charge in [-0.15, -0.1) is 0 Å². The molecule has 1 aromatic heterocycles. The summed E-state index contributed by atoms with van der Waals surface area (Å²) in [5.41, 5.74) is 0.901. The average Bonchev–Trinajstić information content (AvgIpc) is 2.54. The average molecular weight is 293 g/mol. The number of hydrogen-bond acceptors (Lipinski definition) is 5. The van der Waals surface area contributed by atoms with Crippen molar-refractivity contribution in [1.82, 2.24) is 15.3 Å². The predicted molar refractivity (Wildman–Crippen MR) is 82.6 cm³/mol. The smallest absolute Gasteiger partial charge is 0.224 e. The van der Waals surface area contributed by atoms with E-state index in [9.17, 15) is 0 Å². The molecule has 1 aliphatic rings. The Labute approximate surface area is 127 Å². The molecule has 1 heterocycles. The number of ether oxygens (including phenoxy) is 2. The van der Waals surface area contributed by atoms with Gasteiger partial charge in [0, 0.05) is 12.6 Å². The van der Waals surface area contributed by atoms with E-state index in [0.717, 1.165) is 11.5 Å². The first kappa shape index (κ1) is 16.0. The van der Waals surface area contributed by atoms with Crippen LogP contribution in [0.3, 0.4) is 0 Å². The molecule has 118 valence electrons. The Morgan fingerprint density at radius 1 is 1.10 bits per heavy atom. The van der Waals surface area contributed by atoms with Crippen LogP contribution in [0.25, 0.3) is 0 Å². The van der Waals surface area contributed by atoms with E-state index < -0.39 is 0 Å². The van der Waals surface area contributed by atoms with Crippen LogP contribution < -0.4 is 14.8 Å². The van der Waals surface area contributed by atoms with Crippen LogP contribution in [0.2, 0.25) is 0 Å². The molecule has 5 nitrogen and oxygen atoms in total. The van der Waals surface area contributed by atoms with E-state index in [1.807, 2.05) is 0 Å². The van der Waals surface area contributed by atoms with Gasteiger partial charge in [-0.25, -0.2) is 9.97 Å². The molecule has 1 fully saturated rings. The van der Waals surface area contributed by atoms with Crippen molar-refractivity contribution in [3.63, 3.8) is 0 Å². The van der Waals surface area contributed by atoms with Gasteiger partial charge in [-0.05, 0) is 31.6 Å². The standard InChI is InChI=1S/C16H27N3O2/c1-4-5-12-6-8-13(9-7-12)17-10-14-15(20-2)18-11-19-16(14)21-3/h11-13,17H,4-10H2,1-3H3. The van der Waals surface area contributed by atoms with Crippen molar-refractivity contribution in [1.29, 1.82) is 0 Å². The topological polar surface area (TPSA) is 56.3 Å². The van der Waals surface area contributed by atoms with Crippen molar-refractivity contribution in [3.05, 3.63) is 11.9 Å². The fourth-order valence-electron chi connectivity index (χ4n) is 3.19. The van der Waals surface area contributed by atoms with Crippen molar-refractivity contribution in [2.45, 2.75) is 58.0 Å². The highest BCUT2D eigenvalue weighted by Gasteiger charge is 2.21. The SMILES string of the molecule is CCCC1CCC(NCc2c(OC)ncnc2OC)CC1. The molecule has 0 amide bonds. The molecule has 0 radical (unpaired) electrons. The van der Waals surface area contributed by atoms with Crippen LogP contribution in [0.1, 0.15) is 51.0 Å². The van der Waals surface area contributed by atoms with Crippen LogP contribution in [0.15, 0.2) is 6.33 Å². The van der Waals surface area contributed by atoms with E-state index in [1.54, 1.807) is 14.2 Å². The zero-order chi connectivity index (χ0) is 15.1. The molecular weight excluding hydrogens is 266 g/mol. The quantitative estimate of drug-likeness (QED) is 0.837. The fourth-order valence-corrected chi connectivity index (χ4v) is 3.19. The van der Waals surface area contributed by atoms with E-state index in [2.05, 4.69) is 22.2 Å². The normalized spacial score (nSPS) is 22.0. The molecule has 0 aromatic carbocycles. The van der Waals surface area contributed by atoms with Gasteiger partial charge < -0.3 is 14.8 Å². The highest BCUT2D eigenvalue weighted by molar-refractivity contribution is 5.34. The minimum atomic E-state index is 0.577. The van der Waals surface area contributed by atoms with Gasteiger partial charge in [0.1, 0.15) is 6.33 Å². The van der Waals surface area contributed by atoms with Crippen LogP contribution >= 0.6 is 0 Å². The summed E-state index contributed by atoms with van der Waals surface area (Å²) in [4.78, 5) is 8.31. The highest BCUT2D eigenvalue weighted by Crippen LogP contribution is 2.29. The molecule has 1 aromatic rings. The largest absolute Gasteiger partial charge is 0.481 e. The zero-order valence-electron chi connectivity index (χ0n) is 13.4. The van der Waals surface area contributed by atoms with E-state index in [4.69, 9.17) is 9.47 Å². The van der Waals surface area contributed by atoms with Crippen molar-refractivity contribution in [2.24, 2.45) is 5.92 Å². The zero-order valence-corrected chi connectivity index (χ0v) is 13.4. The predicted octanol–water partition coefficient (Wildman–Crippen LogP) is 2.94. The van der Waals surface area contributed by atoms with Crippen LogP contribution in [0.5, 0.6) is 11.8 Å². The molecule has 0 unspecified atom stereocenters. The van der Waals surface area contributed by atoms with Gasteiger partial charge in [0.15, 0.2) is 0 Å². The van der Waals surface area contributed by atoms with E-state index >= 15 is 0 Å². The van der Waals surface area contributed by atoms with Gasteiger partial charge in [-0.3, -0.25) is 0 Å². The van der Waals surface area contributed by atoms with Crippen molar-refractivity contribution in [3.8, 4) is 11.8 Å². The number of nitrogens with zero attached hydrogens (tertiary/aromatic N) is 2. The number of hydrogen-bond donors (Lipinski definition) is 1. The first-order chi connectivity index (χ1) is 10.3. The molecule has 0 bridgehead atoms. The molecule has 1 N–H and O–H groups in total. The summed E-state index contributed by atoms with van der Waals surface area (Å²) in [6.45, 7) is 2.97. The Morgan fingerprint density at radius 2 is 1.71 bits per heavy atom. The lowest BCUT2D eigenvalue weighted by Crippen LogP contribution is -2.33. The molecule has 5 heteroatoms. The summed E-state index contributed by atoms with van der Waals surface area (Å²) < 4.78 is 10.6.